The average Bonchev–Trinajstić information content (AvgIpc) is 3.04. The molecule has 0 spiro atoms. The van der Waals surface area contributed by atoms with Gasteiger partial charge in [0.25, 0.3) is 0 Å². The van der Waals surface area contributed by atoms with Crippen molar-refractivity contribution in [3.8, 4) is 22.3 Å². The first kappa shape index (κ1) is 16.4. The van der Waals surface area contributed by atoms with Crippen LogP contribution in [0.2, 0.25) is 0 Å². The van der Waals surface area contributed by atoms with Crippen LogP contribution in [0.25, 0.3) is 10.4 Å². The monoisotopic (exact) mass is 337 g/mol. The third kappa shape index (κ3) is 2.98. The van der Waals surface area contributed by atoms with Crippen molar-refractivity contribution in [2.24, 2.45) is 0 Å². The summed E-state index contributed by atoms with van der Waals surface area (Å²) in [5, 5.41) is 8.95. The second kappa shape index (κ2) is 6.21. The topological polar surface area (TPSA) is 57.1 Å². The second-order valence-electron chi connectivity index (χ2n) is 6.30. The molecule has 1 aromatic carbocycles. The van der Waals surface area contributed by atoms with Crippen LogP contribution in [0.5, 0.6) is 0 Å². The van der Waals surface area contributed by atoms with E-state index in [0.29, 0.717) is 18.7 Å². The van der Waals surface area contributed by atoms with Gasteiger partial charge in [-0.25, -0.2) is 4.98 Å². The fourth-order valence-electron chi connectivity index (χ4n) is 2.89. The molecule has 0 unspecified atom stereocenters. The lowest BCUT2D eigenvalue weighted by molar-refractivity contribution is -0.128. The van der Waals surface area contributed by atoms with E-state index in [4.69, 9.17) is 5.41 Å². The molecular formula is C19H19N3OS. The molecule has 1 aromatic heterocycles. The SMILES string of the molecule is CC#Cc1cccc(-c2cnc([C@@]3(C)CC(=N)N(C)C(=O)C3)s2)c1. The number of rotatable bonds is 2. The van der Waals surface area contributed by atoms with Gasteiger partial charge in [0, 0.05) is 37.1 Å². The van der Waals surface area contributed by atoms with Crippen molar-refractivity contribution >= 4 is 23.1 Å². The minimum atomic E-state index is -0.398. The van der Waals surface area contributed by atoms with Crippen LogP contribution in [0.1, 0.15) is 37.3 Å². The van der Waals surface area contributed by atoms with Gasteiger partial charge < -0.3 is 4.90 Å². The van der Waals surface area contributed by atoms with Gasteiger partial charge in [0.15, 0.2) is 0 Å². The molecule has 2 heterocycles. The van der Waals surface area contributed by atoms with E-state index in [1.54, 1.807) is 18.4 Å². The van der Waals surface area contributed by atoms with E-state index in [9.17, 15) is 4.79 Å². The Hall–Kier alpha value is -2.45. The third-order valence-corrected chi connectivity index (χ3v) is 5.67. The summed E-state index contributed by atoms with van der Waals surface area (Å²) in [7, 11) is 1.66. The lowest BCUT2D eigenvalue weighted by atomic mass is 9.80. The number of benzene rings is 1. The maximum Gasteiger partial charge on any atom is 0.228 e. The van der Waals surface area contributed by atoms with E-state index >= 15 is 0 Å². The molecule has 0 bridgehead atoms. The van der Waals surface area contributed by atoms with Crippen molar-refractivity contribution in [3.05, 3.63) is 41.0 Å². The molecule has 1 amide bonds. The molecule has 1 fully saturated rings. The van der Waals surface area contributed by atoms with Crippen molar-refractivity contribution in [3.63, 3.8) is 0 Å². The summed E-state index contributed by atoms with van der Waals surface area (Å²) in [4.78, 5) is 19.2. The number of carbonyl (C=O) groups excluding carboxylic acids is 1. The van der Waals surface area contributed by atoms with Crippen molar-refractivity contribution in [1.29, 1.82) is 5.41 Å². The molecule has 0 saturated carbocycles. The quantitative estimate of drug-likeness (QED) is 0.850. The van der Waals surface area contributed by atoms with E-state index in [-0.39, 0.29) is 5.91 Å². The third-order valence-electron chi connectivity index (χ3n) is 4.32. The fraction of sp³-hybridized carbons (Fsp3) is 0.316. The Morgan fingerprint density at radius 2 is 2.17 bits per heavy atom. The number of hydrogen-bond acceptors (Lipinski definition) is 4. The Labute approximate surface area is 146 Å². The second-order valence-corrected chi connectivity index (χ2v) is 7.33. The molecule has 4 nitrogen and oxygen atoms in total. The van der Waals surface area contributed by atoms with E-state index in [1.807, 2.05) is 38.2 Å². The summed E-state index contributed by atoms with van der Waals surface area (Å²) in [6, 6.07) is 8.07. The largest absolute Gasteiger partial charge is 0.304 e. The maximum absolute atomic E-state index is 12.1. The molecule has 1 aliphatic heterocycles. The number of piperidine rings is 1. The molecule has 0 aliphatic carbocycles. The lowest BCUT2D eigenvalue weighted by Gasteiger charge is -2.36. The van der Waals surface area contributed by atoms with Gasteiger partial charge in [0.05, 0.1) is 9.88 Å². The number of hydrogen-bond donors (Lipinski definition) is 1. The summed E-state index contributed by atoms with van der Waals surface area (Å²) in [6.45, 7) is 3.85. The zero-order valence-electron chi connectivity index (χ0n) is 14.0. The van der Waals surface area contributed by atoms with Crippen LogP contribution in [0.4, 0.5) is 0 Å². The summed E-state index contributed by atoms with van der Waals surface area (Å²) >= 11 is 1.60. The first-order valence-electron chi connectivity index (χ1n) is 7.76. The Kier molecular flexibility index (Phi) is 4.25. The molecule has 1 atom stereocenters. The smallest absolute Gasteiger partial charge is 0.228 e. The number of amides is 1. The number of nitrogens with zero attached hydrogens (tertiary/aromatic N) is 2. The van der Waals surface area contributed by atoms with Gasteiger partial charge in [0.1, 0.15) is 5.84 Å². The first-order chi connectivity index (χ1) is 11.4. The predicted molar refractivity (Wildman–Crippen MR) is 97.2 cm³/mol. The number of amidine groups is 1. The van der Waals surface area contributed by atoms with Crippen LogP contribution >= 0.6 is 11.3 Å². The van der Waals surface area contributed by atoms with Crippen LogP contribution in [-0.2, 0) is 10.2 Å². The molecule has 5 heteroatoms. The zero-order valence-corrected chi connectivity index (χ0v) is 14.8. The van der Waals surface area contributed by atoms with E-state index in [0.717, 1.165) is 21.0 Å². The highest BCUT2D eigenvalue weighted by Crippen LogP contribution is 2.40. The highest BCUT2D eigenvalue weighted by Gasteiger charge is 2.40. The van der Waals surface area contributed by atoms with Crippen LogP contribution in [-0.4, -0.2) is 28.7 Å². The number of nitrogens with one attached hydrogen (secondary N) is 1. The molecule has 1 saturated heterocycles. The van der Waals surface area contributed by atoms with Crippen molar-refractivity contribution in [1.82, 2.24) is 9.88 Å². The highest BCUT2D eigenvalue weighted by molar-refractivity contribution is 7.15. The Morgan fingerprint density at radius 1 is 1.38 bits per heavy atom. The number of likely N-dealkylation sites (tertiary alicyclic amines) is 1. The van der Waals surface area contributed by atoms with Crippen LogP contribution in [0, 0.1) is 17.3 Å². The van der Waals surface area contributed by atoms with Crippen LogP contribution in [0.3, 0.4) is 0 Å². The average molecular weight is 337 g/mol. The van der Waals surface area contributed by atoms with E-state index < -0.39 is 5.41 Å². The summed E-state index contributed by atoms with van der Waals surface area (Å²) in [5.74, 6) is 6.31. The highest BCUT2D eigenvalue weighted by atomic mass is 32.1. The van der Waals surface area contributed by atoms with Gasteiger partial charge in [-0.15, -0.1) is 17.3 Å². The van der Waals surface area contributed by atoms with Gasteiger partial charge in [-0.3, -0.25) is 10.2 Å². The maximum atomic E-state index is 12.1. The molecule has 2 aromatic rings. The lowest BCUT2D eigenvalue weighted by Crippen LogP contribution is -2.46. The summed E-state index contributed by atoms with van der Waals surface area (Å²) in [5.41, 5.74) is 1.66. The van der Waals surface area contributed by atoms with Gasteiger partial charge >= 0.3 is 0 Å². The van der Waals surface area contributed by atoms with E-state index in [2.05, 4.69) is 22.9 Å². The number of thiazole rings is 1. The first-order valence-corrected chi connectivity index (χ1v) is 8.58. The molecule has 1 N–H and O–H groups in total. The number of aromatic nitrogens is 1. The molecule has 3 rings (SSSR count). The molecule has 122 valence electrons. The van der Waals surface area contributed by atoms with Gasteiger partial charge in [0.2, 0.25) is 5.91 Å². The Morgan fingerprint density at radius 3 is 2.88 bits per heavy atom. The van der Waals surface area contributed by atoms with Crippen LogP contribution in [0.15, 0.2) is 30.5 Å². The fourth-order valence-corrected chi connectivity index (χ4v) is 3.94. The summed E-state index contributed by atoms with van der Waals surface area (Å²) in [6.07, 6.45) is 2.78. The standard InChI is InChI=1S/C19H19N3OS/c1-4-6-13-7-5-8-14(9-13)15-12-21-18(24-15)19(2)10-16(20)22(3)17(23)11-19/h5,7-9,12,20H,10-11H2,1-3H3/t19-/m0/s1. The minimum Gasteiger partial charge on any atom is -0.304 e. The molecular weight excluding hydrogens is 318 g/mol. The van der Waals surface area contributed by atoms with Gasteiger partial charge in [-0.05, 0) is 24.6 Å². The van der Waals surface area contributed by atoms with Crippen molar-refractivity contribution in [2.45, 2.75) is 32.1 Å². The summed E-state index contributed by atoms with van der Waals surface area (Å²) < 4.78 is 0. The normalized spacial score (nSPS) is 20.7. The Balaban J connectivity index is 1.93. The van der Waals surface area contributed by atoms with Crippen molar-refractivity contribution in [2.75, 3.05) is 7.05 Å². The van der Waals surface area contributed by atoms with Crippen LogP contribution < -0.4 is 0 Å². The van der Waals surface area contributed by atoms with Crippen molar-refractivity contribution < 1.29 is 4.79 Å². The minimum absolute atomic E-state index is 0.0225. The Bertz CT molecular complexity index is 854. The number of carbonyl (C=O) groups is 1. The molecule has 1 aliphatic rings. The molecule has 24 heavy (non-hydrogen) atoms. The van der Waals surface area contributed by atoms with Gasteiger partial charge in [-0.2, -0.15) is 0 Å². The van der Waals surface area contributed by atoms with E-state index in [1.165, 1.54) is 4.90 Å². The van der Waals surface area contributed by atoms with Gasteiger partial charge in [-0.1, -0.05) is 25.0 Å². The zero-order chi connectivity index (χ0) is 17.3. The molecule has 0 radical (unpaired) electrons. The predicted octanol–water partition coefficient (Wildman–Crippen LogP) is 3.67.